The third kappa shape index (κ3) is 5.67. The van der Waals surface area contributed by atoms with E-state index in [4.69, 9.17) is 4.74 Å². The highest BCUT2D eigenvalue weighted by molar-refractivity contribution is 7.98. The van der Waals surface area contributed by atoms with Gasteiger partial charge in [-0.2, -0.15) is 28.2 Å². The molecule has 0 aromatic heterocycles. The maximum atomic E-state index is 11.1. The highest BCUT2D eigenvalue weighted by Gasteiger charge is 2.57. The van der Waals surface area contributed by atoms with Crippen molar-refractivity contribution in [2.75, 3.05) is 57.4 Å². The van der Waals surface area contributed by atoms with Crippen LogP contribution in [0.1, 0.15) is 25.7 Å². The molecule has 5 fully saturated rings. The van der Waals surface area contributed by atoms with Gasteiger partial charge in [-0.1, -0.05) is 0 Å². The van der Waals surface area contributed by atoms with Crippen LogP contribution in [0.2, 0.25) is 0 Å². The zero-order chi connectivity index (χ0) is 20.3. The molecule has 0 amide bonds. The van der Waals surface area contributed by atoms with Crippen LogP contribution in [-0.2, 0) is 9.53 Å². The smallest absolute Gasteiger partial charge is 0.136 e. The molecular weight excluding hydrogens is 394 g/mol. The van der Waals surface area contributed by atoms with Crippen molar-refractivity contribution in [1.29, 1.82) is 0 Å². The molecule has 4 aliphatic carbocycles. The number of hydrogen-bond acceptors (Lipinski definition) is 6. The maximum absolute atomic E-state index is 11.1. The number of hydrogen-bond donors (Lipinski definition) is 2. The molecule has 1 aliphatic heterocycles. The second-order valence-corrected chi connectivity index (χ2v) is 11.0. The molecule has 0 radical (unpaired) electrons. The fraction of sp³-hybridized carbons (Fsp3) is 0.952. The Morgan fingerprint density at radius 2 is 1.68 bits per heavy atom. The zero-order valence-corrected chi connectivity index (χ0v) is 19.2. The van der Waals surface area contributed by atoms with Gasteiger partial charge >= 0.3 is 0 Å². The number of morpholine rings is 1. The molecule has 1 unspecified atom stereocenters. The lowest BCUT2D eigenvalue weighted by atomic mass is 10.1. The van der Waals surface area contributed by atoms with E-state index < -0.39 is 0 Å². The number of Topliss-reactive ketones (excluding diaryl/α,β-unsaturated/α-hetero) is 1. The number of aliphatic hydroxyl groups excluding tert-OH is 1. The zero-order valence-electron chi connectivity index (χ0n) is 17.6. The maximum Gasteiger partial charge on any atom is 0.136 e. The number of ether oxygens (including phenoxy) is 1. The normalized spacial score (nSPS) is 41.8. The summed E-state index contributed by atoms with van der Waals surface area (Å²) in [6, 6.07) is 0. The molecule has 7 heteroatoms. The summed E-state index contributed by atoms with van der Waals surface area (Å²) in [6.07, 6.45) is 8.76. The number of carbonyl (C=O) groups is 1. The van der Waals surface area contributed by atoms with Crippen LogP contribution in [0.25, 0.3) is 0 Å². The van der Waals surface area contributed by atoms with Gasteiger partial charge in [0.15, 0.2) is 0 Å². The molecule has 0 spiro atoms. The highest BCUT2D eigenvalue weighted by atomic mass is 32.2. The van der Waals surface area contributed by atoms with Gasteiger partial charge in [0.25, 0.3) is 0 Å². The molecule has 0 aromatic carbocycles. The van der Waals surface area contributed by atoms with Crippen LogP contribution in [0.15, 0.2) is 0 Å². The van der Waals surface area contributed by atoms with E-state index in [-0.39, 0.29) is 10.8 Å². The Morgan fingerprint density at radius 3 is 2.11 bits per heavy atom. The lowest BCUT2D eigenvalue weighted by Crippen LogP contribution is -2.48. The van der Waals surface area contributed by atoms with Gasteiger partial charge in [0.2, 0.25) is 0 Å². The Hall–Kier alpha value is 0.210. The average Bonchev–Trinajstić information content (AvgIpc) is 3.42. The van der Waals surface area contributed by atoms with Gasteiger partial charge in [-0.25, -0.2) is 5.21 Å². The summed E-state index contributed by atoms with van der Waals surface area (Å²) in [4.78, 5) is 11.1. The van der Waals surface area contributed by atoms with Crippen LogP contribution in [-0.4, -0.2) is 84.2 Å². The van der Waals surface area contributed by atoms with Gasteiger partial charge in [-0.05, 0) is 72.9 Å². The molecule has 1 saturated heterocycles. The molecule has 2 N–H and O–H groups in total. The fourth-order valence-corrected chi connectivity index (χ4v) is 7.08. The Kier molecular flexibility index (Phi) is 8.18. The van der Waals surface area contributed by atoms with Gasteiger partial charge in [0.05, 0.1) is 26.4 Å². The number of quaternary nitrogens is 1. The Bertz CT molecular complexity index is 525. The first-order valence-corrected chi connectivity index (χ1v) is 13.5. The summed E-state index contributed by atoms with van der Waals surface area (Å²) in [5.74, 6) is 7.59. The molecule has 162 valence electrons. The minimum absolute atomic E-state index is 0.0575. The van der Waals surface area contributed by atoms with Crippen LogP contribution < -0.4 is 0 Å². The Morgan fingerprint density at radius 1 is 1.04 bits per heavy atom. The number of ketones is 1. The molecule has 28 heavy (non-hydrogen) atoms. The first-order valence-electron chi connectivity index (χ1n) is 10.7. The summed E-state index contributed by atoms with van der Waals surface area (Å²) in [7, 11) is 1.79. The monoisotopic (exact) mass is 432 g/mol. The summed E-state index contributed by atoms with van der Waals surface area (Å²) in [5, 5.41) is 18.7. The van der Waals surface area contributed by atoms with Gasteiger partial charge in [-0.3, -0.25) is 4.79 Å². The third-order valence-electron chi connectivity index (χ3n) is 7.22. The van der Waals surface area contributed by atoms with E-state index in [1.165, 1.54) is 24.3 Å². The molecule has 7 atom stereocenters. The Balaban J connectivity index is 0.000000122. The van der Waals surface area contributed by atoms with Gasteiger partial charge in [0, 0.05) is 12.3 Å². The molecule has 5 aliphatic rings. The van der Waals surface area contributed by atoms with Crippen molar-refractivity contribution in [3.8, 4) is 0 Å². The standard InChI is InChI=1S/C8H14OS.C8H12OS.C5H12NO2/c2*1-10-4-6-5-2-3-7(9)8(5)6;1-6(7)2-4-8-5-3-6/h5-9H,2-4H2,1H3;5-6,8H,2-4H2,1H3;7H,2-5H2,1H3/q;;+1/t5-,6-,7?,8-;5-,6-,8-;/m00./s1. The van der Waals surface area contributed by atoms with Crippen LogP contribution in [0, 0.1) is 35.5 Å². The lowest BCUT2D eigenvalue weighted by molar-refractivity contribution is -1.09. The first-order chi connectivity index (χ1) is 13.4. The summed E-state index contributed by atoms with van der Waals surface area (Å²) in [6.45, 7) is 2.82. The van der Waals surface area contributed by atoms with Crippen molar-refractivity contribution in [2.45, 2.75) is 31.8 Å². The number of rotatable bonds is 4. The largest absolute Gasteiger partial charge is 0.393 e. The van der Waals surface area contributed by atoms with Crippen molar-refractivity contribution in [2.24, 2.45) is 35.5 Å². The quantitative estimate of drug-likeness (QED) is 0.666. The summed E-state index contributed by atoms with van der Waals surface area (Å²) in [5.41, 5.74) is 0. The minimum Gasteiger partial charge on any atom is -0.393 e. The predicted molar refractivity (Wildman–Crippen MR) is 116 cm³/mol. The third-order valence-corrected chi connectivity index (χ3v) is 8.65. The van der Waals surface area contributed by atoms with Crippen LogP contribution in [0.3, 0.4) is 0 Å². The fourth-order valence-electron chi connectivity index (χ4n) is 5.38. The number of thioether (sulfide) groups is 2. The number of fused-ring (bicyclic) bond motifs is 2. The second-order valence-electron chi connectivity index (χ2n) is 9.22. The van der Waals surface area contributed by atoms with Crippen LogP contribution in [0.4, 0.5) is 0 Å². The van der Waals surface area contributed by atoms with Crippen LogP contribution in [0.5, 0.6) is 0 Å². The van der Waals surface area contributed by atoms with Gasteiger partial charge in [0.1, 0.15) is 18.9 Å². The molecule has 4 saturated carbocycles. The van der Waals surface area contributed by atoms with E-state index in [1.54, 1.807) is 7.05 Å². The summed E-state index contributed by atoms with van der Waals surface area (Å²) >= 11 is 3.80. The van der Waals surface area contributed by atoms with Crippen molar-refractivity contribution in [3.05, 3.63) is 0 Å². The highest BCUT2D eigenvalue weighted by Crippen LogP contribution is 2.58. The van der Waals surface area contributed by atoms with E-state index in [0.29, 0.717) is 30.8 Å². The number of aliphatic hydroxyl groups is 1. The number of carbonyl (C=O) groups excluding carboxylic acids is 1. The number of hydroxylamine groups is 3. The van der Waals surface area contributed by atoms with Gasteiger partial charge < -0.3 is 9.84 Å². The lowest BCUT2D eigenvalue weighted by Gasteiger charge is -2.28. The van der Waals surface area contributed by atoms with Gasteiger partial charge in [-0.15, -0.1) is 0 Å². The van der Waals surface area contributed by atoms with Crippen LogP contribution >= 0.6 is 23.5 Å². The Labute approximate surface area is 178 Å². The van der Waals surface area contributed by atoms with Crippen molar-refractivity contribution < 1.29 is 24.5 Å². The number of likely N-dealkylation sites (N-methyl/N-ethyl adjacent to an activating group) is 1. The first kappa shape index (κ1) is 22.9. The van der Waals surface area contributed by atoms with E-state index in [0.717, 1.165) is 49.6 Å². The predicted octanol–water partition coefficient (Wildman–Crippen LogP) is 2.79. The second kappa shape index (κ2) is 10.0. The molecule has 5 nitrogen and oxygen atoms in total. The molecule has 1 heterocycles. The molecular formula is C21H38NO4S2+. The van der Waals surface area contributed by atoms with E-state index in [9.17, 15) is 15.1 Å². The minimum atomic E-state index is 0.0575. The van der Waals surface area contributed by atoms with Crippen molar-refractivity contribution in [1.82, 2.24) is 0 Å². The summed E-state index contributed by atoms with van der Waals surface area (Å²) < 4.78 is 5.15. The van der Waals surface area contributed by atoms with Crippen molar-refractivity contribution in [3.63, 3.8) is 0 Å². The SMILES string of the molecule is CSC[C@H]1[C@@H]2CCC(=O)[C@@H]21.CSC[C@H]1[C@@H]2CCC(O)[C@@H]21.C[N+]1(O)CCOCC1. The van der Waals surface area contributed by atoms with E-state index >= 15 is 0 Å². The average molecular weight is 433 g/mol. The number of nitrogens with zero attached hydrogens (tertiary/aromatic N) is 1. The molecule has 5 rings (SSSR count). The van der Waals surface area contributed by atoms with E-state index in [1.807, 2.05) is 23.5 Å². The molecule has 0 aromatic rings. The van der Waals surface area contributed by atoms with Crippen molar-refractivity contribution >= 4 is 29.3 Å². The molecule has 0 bridgehead atoms. The van der Waals surface area contributed by atoms with E-state index in [2.05, 4.69) is 12.5 Å². The topological polar surface area (TPSA) is 66.8 Å².